The van der Waals surface area contributed by atoms with Crippen molar-refractivity contribution in [3.05, 3.63) is 36.5 Å². The zero-order valence-corrected chi connectivity index (χ0v) is 12.4. The zero-order chi connectivity index (χ0) is 15.1. The van der Waals surface area contributed by atoms with Crippen LogP contribution in [0.1, 0.15) is 32.6 Å². The second-order valence-corrected chi connectivity index (χ2v) is 6.13. The summed E-state index contributed by atoms with van der Waals surface area (Å²) in [4.78, 5) is 6.39. The van der Waals surface area contributed by atoms with Crippen molar-refractivity contribution in [2.75, 3.05) is 0 Å². The monoisotopic (exact) mass is 292 g/mol. The van der Waals surface area contributed by atoms with Gasteiger partial charge in [-0.1, -0.05) is 26.2 Å². The largest absolute Gasteiger partial charge is 0.325 e. The summed E-state index contributed by atoms with van der Waals surface area (Å²) in [5.74, 6) is 1.03. The molecule has 1 aliphatic carbocycles. The normalized spacial score (nSPS) is 33.1. The second kappa shape index (κ2) is 5.39. The zero-order valence-electron chi connectivity index (χ0n) is 12.4. The third-order valence-electron chi connectivity index (χ3n) is 4.65. The molecule has 0 amide bonds. The SMILES string of the molecule is C=C/C(=C\C(F)CC)C1CC(F)C2=NC(C(=C)C3CC3)N21. The van der Waals surface area contributed by atoms with Gasteiger partial charge in [-0.25, -0.2) is 13.8 Å². The molecular formula is C17H22F2N2. The molecule has 0 aromatic heterocycles. The van der Waals surface area contributed by atoms with Crippen LogP contribution in [0.3, 0.4) is 0 Å². The van der Waals surface area contributed by atoms with Gasteiger partial charge in [0.15, 0.2) is 6.17 Å². The minimum Gasteiger partial charge on any atom is -0.325 e. The van der Waals surface area contributed by atoms with Gasteiger partial charge >= 0.3 is 0 Å². The molecule has 1 saturated heterocycles. The first kappa shape index (κ1) is 14.5. The number of amidine groups is 1. The summed E-state index contributed by atoms with van der Waals surface area (Å²) in [7, 11) is 0. The van der Waals surface area contributed by atoms with Crippen LogP contribution in [0.5, 0.6) is 0 Å². The maximum absolute atomic E-state index is 14.1. The number of fused-ring (bicyclic) bond motifs is 1. The Kier molecular flexibility index (Phi) is 3.72. The van der Waals surface area contributed by atoms with Gasteiger partial charge in [0.2, 0.25) is 0 Å². The minimum absolute atomic E-state index is 0.124. The molecule has 2 fully saturated rings. The van der Waals surface area contributed by atoms with Crippen molar-refractivity contribution in [2.45, 2.75) is 57.2 Å². The van der Waals surface area contributed by atoms with Gasteiger partial charge < -0.3 is 4.90 Å². The topological polar surface area (TPSA) is 15.6 Å². The van der Waals surface area contributed by atoms with E-state index in [-0.39, 0.29) is 12.2 Å². The van der Waals surface area contributed by atoms with E-state index in [1.54, 1.807) is 19.1 Å². The Morgan fingerprint density at radius 3 is 2.81 bits per heavy atom. The van der Waals surface area contributed by atoms with Gasteiger partial charge in [0.1, 0.15) is 18.2 Å². The van der Waals surface area contributed by atoms with Crippen LogP contribution in [0.2, 0.25) is 0 Å². The Morgan fingerprint density at radius 2 is 2.24 bits per heavy atom. The summed E-state index contributed by atoms with van der Waals surface area (Å²) < 4.78 is 27.8. The minimum atomic E-state index is -1.05. The van der Waals surface area contributed by atoms with Gasteiger partial charge in [-0.2, -0.15) is 0 Å². The number of alkyl halides is 2. The van der Waals surface area contributed by atoms with E-state index in [4.69, 9.17) is 0 Å². The Labute approximate surface area is 124 Å². The molecule has 0 aromatic rings. The van der Waals surface area contributed by atoms with E-state index in [2.05, 4.69) is 18.2 Å². The van der Waals surface area contributed by atoms with Crippen LogP contribution in [0, 0.1) is 5.92 Å². The molecule has 21 heavy (non-hydrogen) atoms. The highest BCUT2D eigenvalue weighted by Gasteiger charge is 2.50. The molecule has 0 spiro atoms. The lowest BCUT2D eigenvalue weighted by Gasteiger charge is -2.41. The van der Waals surface area contributed by atoms with Crippen molar-refractivity contribution in [1.29, 1.82) is 0 Å². The number of rotatable bonds is 6. The second-order valence-electron chi connectivity index (χ2n) is 6.13. The average Bonchev–Trinajstić information content (AvgIpc) is 3.23. The molecule has 4 atom stereocenters. The van der Waals surface area contributed by atoms with E-state index in [1.165, 1.54) is 0 Å². The maximum atomic E-state index is 14.1. The summed E-state index contributed by atoms with van der Waals surface area (Å²) >= 11 is 0. The molecule has 2 heterocycles. The van der Waals surface area contributed by atoms with Crippen molar-refractivity contribution < 1.29 is 8.78 Å². The molecule has 2 nitrogen and oxygen atoms in total. The predicted octanol–water partition coefficient (Wildman–Crippen LogP) is 3.96. The van der Waals surface area contributed by atoms with Crippen LogP contribution in [0.4, 0.5) is 8.78 Å². The Morgan fingerprint density at radius 1 is 1.52 bits per heavy atom. The number of hydrogen-bond donors (Lipinski definition) is 0. The summed E-state index contributed by atoms with van der Waals surface area (Å²) in [5.41, 5.74) is 1.85. The molecule has 3 rings (SSSR count). The molecule has 2 aliphatic heterocycles. The predicted molar refractivity (Wildman–Crippen MR) is 81.7 cm³/mol. The Bertz CT molecular complexity index is 519. The first-order valence-electron chi connectivity index (χ1n) is 7.73. The summed E-state index contributed by atoms with van der Waals surface area (Å²) in [6.07, 6.45) is 4.10. The first-order valence-corrected chi connectivity index (χ1v) is 7.73. The molecule has 4 unspecified atom stereocenters. The molecule has 3 aliphatic rings. The molecule has 1 saturated carbocycles. The van der Waals surface area contributed by atoms with E-state index in [1.807, 2.05) is 4.90 Å². The molecule has 114 valence electrons. The van der Waals surface area contributed by atoms with Crippen molar-refractivity contribution in [1.82, 2.24) is 4.90 Å². The fraction of sp³-hybridized carbons (Fsp3) is 0.588. The van der Waals surface area contributed by atoms with Crippen LogP contribution in [0.15, 0.2) is 41.4 Å². The lowest BCUT2D eigenvalue weighted by Crippen LogP contribution is -2.51. The highest BCUT2D eigenvalue weighted by molar-refractivity contribution is 5.94. The lowest BCUT2D eigenvalue weighted by molar-refractivity contribution is 0.271. The van der Waals surface area contributed by atoms with E-state index < -0.39 is 12.3 Å². The smallest absolute Gasteiger partial charge is 0.159 e. The van der Waals surface area contributed by atoms with Gasteiger partial charge in [-0.3, -0.25) is 0 Å². The molecular weight excluding hydrogens is 270 g/mol. The quantitative estimate of drug-likeness (QED) is 0.534. The van der Waals surface area contributed by atoms with Gasteiger partial charge in [0.05, 0.1) is 6.04 Å². The Hall–Kier alpha value is -1.45. The summed E-state index contributed by atoms with van der Waals surface area (Å²) in [6, 6.07) is -0.157. The number of halogens is 2. The van der Waals surface area contributed by atoms with Crippen molar-refractivity contribution in [3.63, 3.8) is 0 Å². The van der Waals surface area contributed by atoms with Crippen LogP contribution >= 0.6 is 0 Å². The molecule has 0 N–H and O–H groups in total. The fourth-order valence-electron chi connectivity index (χ4n) is 3.18. The van der Waals surface area contributed by atoms with Gasteiger partial charge in [0.25, 0.3) is 0 Å². The highest BCUT2D eigenvalue weighted by atomic mass is 19.1. The summed E-state index contributed by atoms with van der Waals surface area (Å²) in [6.45, 7) is 9.70. The number of allylic oxidation sites excluding steroid dienone is 1. The number of aliphatic imine (C=N–C) groups is 1. The first-order chi connectivity index (χ1) is 10.1. The lowest BCUT2D eigenvalue weighted by atomic mass is 10.00. The van der Waals surface area contributed by atoms with Crippen LogP contribution in [-0.2, 0) is 0 Å². The molecule has 4 heteroatoms. The van der Waals surface area contributed by atoms with E-state index in [0.29, 0.717) is 24.6 Å². The van der Waals surface area contributed by atoms with Crippen LogP contribution < -0.4 is 0 Å². The fourth-order valence-corrected chi connectivity index (χ4v) is 3.18. The molecule has 0 bridgehead atoms. The van der Waals surface area contributed by atoms with Gasteiger partial charge in [0, 0.05) is 6.42 Å². The highest BCUT2D eigenvalue weighted by Crippen LogP contribution is 2.45. The number of hydrogen-bond acceptors (Lipinski definition) is 2. The van der Waals surface area contributed by atoms with E-state index in [9.17, 15) is 8.78 Å². The molecule has 0 radical (unpaired) electrons. The van der Waals surface area contributed by atoms with Crippen LogP contribution in [0.25, 0.3) is 0 Å². The Balaban J connectivity index is 1.82. The third-order valence-corrected chi connectivity index (χ3v) is 4.65. The van der Waals surface area contributed by atoms with Gasteiger partial charge in [-0.15, -0.1) is 0 Å². The maximum Gasteiger partial charge on any atom is 0.159 e. The standard InChI is InChI=1S/C17H22F2N2/c1-4-11(8-13(18)5-2)15-9-14(19)17-20-16(21(15)17)10(3)12-6-7-12/h4,8,12-16H,1,3,5-7,9H2,2H3/b11-8+. The summed E-state index contributed by atoms with van der Waals surface area (Å²) in [5, 5.41) is 0. The van der Waals surface area contributed by atoms with E-state index >= 15 is 0 Å². The molecule has 0 aromatic carbocycles. The van der Waals surface area contributed by atoms with Crippen molar-refractivity contribution in [2.24, 2.45) is 10.9 Å². The van der Waals surface area contributed by atoms with Crippen molar-refractivity contribution >= 4 is 5.84 Å². The number of nitrogens with zero attached hydrogens (tertiary/aromatic N) is 2. The third kappa shape index (κ3) is 2.45. The van der Waals surface area contributed by atoms with Crippen molar-refractivity contribution in [3.8, 4) is 0 Å². The van der Waals surface area contributed by atoms with Gasteiger partial charge in [-0.05, 0) is 42.4 Å². The van der Waals surface area contributed by atoms with Crippen LogP contribution in [-0.4, -0.2) is 35.3 Å². The van der Waals surface area contributed by atoms with E-state index in [0.717, 1.165) is 24.0 Å². The average molecular weight is 292 g/mol.